The van der Waals surface area contributed by atoms with E-state index >= 15 is 0 Å². The second-order valence-electron chi connectivity index (χ2n) is 12.7. The van der Waals surface area contributed by atoms with E-state index in [0.29, 0.717) is 38.0 Å². The summed E-state index contributed by atoms with van der Waals surface area (Å²) in [4.78, 5) is 14.8. The third-order valence-electron chi connectivity index (χ3n) is 9.60. The zero-order valence-electron chi connectivity index (χ0n) is 27.3. The molecular formula is C33H41F3N8OS2. The summed E-state index contributed by atoms with van der Waals surface area (Å²) in [7, 11) is -0.933. The maximum absolute atomic E-state index is 13.2. The van der Waals surface area contributed by atoms with E-state index < -0.39 is 23.6 Å². The number of aromatic nitrogens is 3. The third-order valence-corrected chi connectivity index (χ3v) is 11.9. The van der Waals surface area contributed by atoms with Crippen LogP contribution >= 0.6 is 11.3 Å². The molecule has 1 aromatic carbocycles. The van der Waals surface area contributed by atoms with Gasteiger partial charge < -0.3 is 9.88 Å². The fraction of sp³-hybridized carbons (Fsp3) is 0.545. The first-order valence-corrected chi connectivity index (χ1v) is 18.4. The summed E-state index contributed by atoms with van der Waals surface area (Å²) < 4.78 is 55.5. The number of nitrogens with zero attached hydrogens (tertiary/aromatic N) is 7. The largest absolute Gasteiger partial charge is 0.393 e. The number of aryl methyl sites for hydroxylation is 3. The molecule has 2 aliphatic rings. The van der Waals surface area contributed by atoms with Crippen molar-refractivity contribution in [3.05, 3.63) is 51.3 Å². The summed E-state index contributed by atoms with van der Waals surface area (Å²) in [5.74, 6) is 1.18. The Morgan fingerprint density at radius 2 is 1.74 bits per heavy atom. The predicted molar refractivity (Wildman–Crippen MR) is 182 cm³/mol. The fourth-order valence-corrected chi connectivity index (χ4v) is 8.83. The summed E-state index contributed by atoms with van der Waals surface area (Å²) >= 11 is 1.11. The molecule has 9 nitrogen and oxygen atoms in total. The highest BCUT2D eigenvalue weighted by Gasteiger charge is 2.31. The second kappa shape index (κ2) is 13.8. The highest BCUT2D eigenvalue weighted by molar-refractivity contribution is 7.81. The zero-order valence-corrected chi connectivity index (χ0v) is 28.9. The van der Waals surface area contributed by atoms with Gasteiger partial charge in [0.1, 0.15) is 28.2 Å². The van der Waals surface area contributed by atoms with E-state index in [2.05, 4.69) is 54.8 Å². The molecule has 0 radical (unpaired) electrons. The van der Waals surface area contributed by atoms with Gasteiger partial charge in [0.15, 0.2) is 0 Å². The van der Waals surface area contributed by atoms with Gasteiger partial charge in [-0.2, -0.15) is 18.4 Å². The van der Waals surface area contributed by atoms with Crippen molar-refractivity contribution in [2.45, 2.75) is 65.3 Å². The Labute approximate surface area is 280 Å². The lowest BCUT2D eigenvalue weighted by atomic mass is 10.0. The number of nitriles is 1. The Hall–Kier alpha value is -3.09. The first kappa shape index (κ1) is 33.8. The number of piperidine rings is 1. The van der Waals surface area contributed by atoms with E-state index in [-0.39, 0.29) is 6.04 Å². The normalized spacial score (nSPS) is 18.3. The van der Waals surface area contributed by atoms with Crippen molar-refractivity contribution in [2.75, 3.05) is 57.4 Å². The van der Waals surface area contributed by atoms with E-state index in [1.165, 1.54) is 11.1 Å². The van der Waals surface area contributed by atoms with Crippen molar-refractivity contribution >= 4 is 49.3 Å². The minimum atomic E-state index is -4.27. The molecule has 2 aliphatic heterocycles. The van der Waals surface area contributed by atoms with E-state index in [1.54, 1.807) is 20.1 Å². The molecule has 252 valence electrons. The molecule has 3 aromatic heterocycles. The Morgan fingerprint density at radius 1 is 1.02 bits per heavy atom. The van der Waals surface area contributed by atoms with Crippen LogP contribution in [0.2, 0.25) is 0 Å². The molecular weight excluding hydrogens is 646 g/mol. The second-order valence-corrected chi connectivity index (χ2v) is 15.2. The summed E-state index contributed by atoms with van der Waals surface area (Å²) in [5.41, 5.74) is 4.79. The van der Waals surface area contributed by atoms with Crippen molar-refractivity contribution in [2.24, 2.45) is 0 Å². The van der Waals surface area contributed by atoms with Crippen molar-refractivity contribution in [3.8, 4) is 6.07 Å². The van der Waals surface area contributed by atoms with Crippen LogP contribution in [0.15, 0.2) is 18.2 Å². The highest BCUT2D eigenvalue weighted by Crippen LogP contribution is 2.38. The standard InChI is InChI=1S/C33H41F3N8OS2/c1-21-24(5-6-28-27(21)17-26(19-37)44(28)16-13-41-11-14-43(15-12-41)47(4)45)20-42-9-7-25(8-10-42)40-31-30-22(2)29(18-33(34,35)36)46-32(30)39-23(3)38-31/h5-6,17,25H,7-16,18,20H2,1-4H3,(H,38,39,40). The Balaban J connectivity index is 1.09. The fourth-order valence-electron chi connectivity index (χ4n) is 6.89. The molecule has 6 rings (SSSR count). The molecule has 47 heavy (non-hydrogen) atoms. The molecule has 2 fully saturated rings. The Kier molecular flexibility index (Phi) is 9.92. The van der Waals surface area contributed by atoms with Crippen molar-refractivity contribution in [1.82, 2.24) is 28.6 Å². The molecule has 0 spiro atoms. The highest BCUT2D eigenvalue weighted by atomic mass is 32.2. The number of hydrogen-bond acceptors (Lipinski definition) is 8. The molecule has 0 aliphatic carbocycles. The molecule has 0 bridgehead atoms. The summed E-state index contributed by atoms with van der Waals surface area (Å²) in [6.45, 7) is 13.1. The monoisotopic (exact) mass is 686 g/mol. The SMILES string of the molecule is Cc1nc(NC2CCN(Cc3ccc4c(cc(C#N)n4CCN4CCN(S(C)=O)CC4)c3C)CC2)c2c(C)c(CC(F)(F)F)sc2n1. The molecule has 14 heteroatoms. The minimum absolute atomic E-state index is 0.164. The predicted octanol–water partition coefficient (Wildman–Crippen LogP) is 5.54. The van der Waals surface area contributed by atoms with Gasteiger partial charge in [-0.25, -0.2) is 18.5 Å². The molecule has 2 saturated heterocycles. The average molecular weight is 687 g/mol. The number of rotatable bonds is 9. The topological polar surface area (TPSA) is 93.3 Å². The number of nitrogens with one attached hydrogen (secondary N) is 1. The number of thiophene rings is 1. The van der Waals surface area contributed by atoms with E-state index in [9.17, 15) is 22.6 Å². The maximum Gasteiger partial charge on any atom is 0.393 e. The number of hydrogen-bond donors (Lipinski definition) is 1. The van der Waals surface area contributed by atoms with Gasteiger partial charge in [-0.3, -0.25) is 9.80 Å². The van der Waals surface area contributed by atoms with Crippen LogP contribution in [0.3, 0.4) is 0 Å². The van der Waals surface area contributed by atoms with Crippen LogP contribution in [0, 0.1) is 32.1 Å². The molecule has 0 saturated carbocycles. The number of likely N-dealkylation sites (tertiary alicyclic amines) is 1. The molecule has 5 heterocycles. The lowest BCUT2D eigenvalue weighted by molar-refractivity contribution is -0.126. The van der Waals surface area contributed by atoms with Crippen molar-refractivity contribution < 1.29 is 17.4 Å². The smallest absolute Gasteiger partial charge is 0.367 e. The Bertz CT molecular complexity index is 1830. The first-order chi connectivity index (χ1) is 22.4. The van der Waals surface area contributed by atoms with Crippen LogP contribution in [-0.2, 0) is 30.5 Å². The van der Waals surface area contributed by atoms with Gasteiger partial charge in [-0.05, 0) is 62.4 Å². The minimum Gasteiger partial charge on any atom is -0.367 e. The van der Waals surface area contributed by atoms with E-state index in [1.807, 2.05) is 10.4 Å². The molecule has 0 amide bonds. The summed E-state index contributed by atoms with van der Waals surface area (Å²) in [6.07, 6.45) is -1.71. The third kappa shape index (κ3) is 7.49. The number of fused-ring (bicyclic) bond motifs is 2. The van der Waals surface area contributed by atoms with Crippen LogP contribution in [0.5, 0.6) is 0 Å². The summed E-state index contributed by atoms with van der Waals surface area (Å²) in [6, 6.07) is 8.90. The van der Waals surface area contributed by atoms with Crippen LogP contribution in [0.25, 0.3) is 21.1 Å². The van der Waals surface area contributed by atoms with Crippen LogP contribution in [0.4, 0.5) is 19.0 Å². The van der Waals surface area contributed by atoms with Gasteiger partial charge in [-0.15, -0.1) is 11.3 Å². The molecule has 4 aromatic rings. The van der Waals surface area contributed by atoms with Gasteiger partial charge >= 0.3 is 6.18 Å². The van der Waals surface area contributed by atoms with Crippen LogP contribution in [0.1, 0.15) is 45.9 Å². The van der Waals surface area contributed by atoms with Gasteiger partial charge in [0, 0.05) is 87.0 Å². The van der Waals surface area contributed by atoms with Gasteiger partial charge in [-0.1, -0.05) is 6.07 Å². The number of benzene rings is 1. The molecule has 1 atom stereocenters. The van der Waals surface area contributed by atoms with Crippen LogP contribution in [-0.4, -0.2) is 97.1 Å². The summed E-state index contributed by atoms with van der Waals surface area (Å²) in [5, 5.41) is 15.3. The van der Waals surface area contributed by atoms with E-state index in [4.69, 9.17) is 0 Å². The number of anilines is 1. The number of alkyl halides is 3. The van der Waals surface area contributed by atoms with Crippen LogP contribution < -0.4 is 5.32 Å². The lowest BCUT2D eigenvalue weighted by Gasteiger charge is -2.33. The average Bonchev–Trinajstić information content (AvgIpc) is 3.54. The number of piperazine rings is 1. The van der Waals surface area contributed by atoms with Crippen molar-refractivity contribution in [3.63, 3.8) is 0 Å². The van der Waals surface area contributed by atoms with Gasteiger partial charge in [0.05, 0.1) is 22.8 Å². The lowest BCUT2D eigenvalue weighted by Crippen LogP contribution is -2.47. The Morgan fingerprint density at radius 3 is 2.40 bits per heavy atom. The maximum atomic E-state index is 13.2. The first-order valence-electron chi connectivity index (χ1n) is 16.0. The number of halogens is 3. The molecule has 1 unspecified atom stereocenters. The van der Waals surface area contributed by atoms with Crippen molar-refractivity contribution in [1.29, 1.82) is 5.26 Å². The zero-order chi connectivity index (χ0) is 33.5. The quantitative estimate of drug-likeness (QED) is 0.248. The van der Waals surface area contributed by atoms with Gasteiger partial charge in [0.25, 0.3) is 0 Å². The molecule has 1 N–H and O–H groups in total. The van der Waals surface area contributed by atoms with Gasteiger partial charge in [0.2, 0.25) is 0 Å². The van der Waals surface area contributed by atoms with E-state index in [0.717, 1.165) is 94.0 Å².